The lowest BCUT2D eigenvalue weighted by atomic mass is 10.1. The molecule has 0 amide bonds. The van der Waals surface area contributed by atoms with Crippen LogP contribution in [-0.4, -0.2) is 29.8 Å². The molecular formula is C15H21N3. The zero-order valence-corrected chi connectivity index (χ0v) is 11.6. The van der Waals surface area contributed by atoms with E-state index in [4.69, 9.17) is 0 Å². The van der Waals surface area contributed by atoms with Crippen LogP contribution in [0.25, 0.3) is 12.2 Å². The van der Waals surface area contributed by atoms with Crippen LogP contribution in [0.1, 0.15) is 30.2 Å². The van der Waals surface area contributed by atoms with E-state index in [-0.39, 0.29) is 0 Å². The molecule has 0 saturated carbocycles. The Balaban J connectivity index is 2.59. The van der Waals surface area contributed by atoms with Crippen molar-refractivity contribution in [3.63, 3.8) is 0 Å². The van der Waals surface area contributed by atoms with Crippen molar-refractivity contribution in [2.24, 2.45) is 12.0 Å². The van der Waals surface area contributed by atoms with Gasteiger partial charge in [0.2, 0.25) is 0 Å². The van der Waals surface area contributed by atoms with Crippen LogP contribution in [0.5, 0.6) is 0 Å². The Morgan fingerprint density at radius 2 is 2.22 bits per heavy atom. The summed E-state index contributed by atoms with van der Waals surface area (Å²) in [6.07, 6.45) is 12.5. The van der Waals surface area contributed by atoms with Crippen molar-refractivity contribution in [1.29, 1.82) is 0 Å². The van der Waals surface area contributed by atoms with Gasteiger partial charge in [0.05, 0.1) is 0 Å². The first-order valence-corrected chi connectivity index (χ1v) is 6.40. The molecule has 0 atom stereocenters. The minimum absolute atomic E-state index is 0.910. The van der Waals surface area contributed by atoms with Crippen LogP contribution in [0.3, 0.4) is 0 Å². The van der Waals surface area contributed by atoms with Crippen LogP contribution in [0.2, 0.25) is 0 Å². The smallest absolute Gasteiger partial charge is 0.140 e. The van der Waals surface area contributed by atoms with Crippen molar-refractivity contribution in [3.8, 4) is 0 Å². The predicted molar refractivity (Wildman–Crippen MR) is 79.3 cm³/mol. The van der Waals surface area contributed by atoms with E-state index < -0.39 is 0 Å². The number of rotatable bonds is 3. The Labute approximate surface area is 109 Å². The zero-order chi connectivity index (χ0) is 13.1. The predicted octanol–water partition coefficient (Wildman–Crippen LogP) is 3.24. The summed E-state index contributed by atoms with van der Waals surface area (Å²) in [5, 5.41) is 0. The van der Waals surface area contributed by atoms with Gasteiger partial charge >= 0.3 is 0 Å². The van der Waals surface area contributed by atoms with Gasteiger partial charge in [-0.2, -0.15) is 0 Å². The van der Waals surface area contributed by atoms with Crippen LogP contribution in [0.4, 0.5) is 5.82 Å². The molecule has 1 aromatic rings. The summed E-state index contributed by atoms with van der Waals surface area (Å²) in [5.41, 5.74) is 3.86. The largest absolute Gasteiger partial charge is 0.383 e. The van der Waals surface area contributed by atoms with Gasteiger partial charge in [-0.25, -0.2) is 4.99 Å². The third kappa shape index (κ3) is 2.26. The number of allylic oxidation sites excluding steroid dienone is 1. The highest BCUT2D eigenvalue weighted by molar-refractivity contribution is 5.81. The molecule has 18 heavy (non-hydrogen) atoms. The first-order valence-electron chi connectivity index (χ1n) is 6.40. The fourth-order valence-corrected chi connectivity index (χ4v) is 2.31. The van der Waals surface area contributed by atoms with E-state index in [1.54, 1.807) is 0 Å². The summed E-state index contributed by atoms with van der Waals surface area (Å²) < 4.78 is 2.21. The van der Waals surface area contributed by atoms with Crippen LogP contribution in [0.15, 0.2) is 17.3 Å². The van der Waals surface area contributed by atoms with Gasteiger partial charge in [0, 0.05) is 50.6 Å². The maximum atomic E-state index is 4.57. The minimum atomic E-state index is 0.910. The lowest BCUT2D eigenvalue weighted by Crippen LogP contribution is -2.00. The minimum Gasteiger partial charge on any atom is -0.383 e. The third-order valence-corrected chi connectivity index (χ3v) is 3.18. The number of aromatic nitrogens is 1. The summed E-state index contributed by atoms with van der Waals surface area (Å²) in [6, 6.07) is 0. The maximum absolute atomic E-state index is 4.57. The lowest BCUT2D eigenvalue weighted by Gasteiger charge is -2.05. The summed E-state index contributed by atoms with van der Waals surface area (Å²) in [4.78, 5) is 6.63. The number of hydrogen-bond acceptors (Lipinski definition) is 2. The Morgan fingerprint density at radius 1 is 1.44 bits per heavy atom. The van der Waals surface area contributed by atoms with Crippen molar-refractivity contribution >= 4 is 24.2 Å². The number of hydrogen-bond donors (Lipinski definition) is 0. The molecule has 0 bridgehead atoms. The van der Waals surface area contributed by atoms with E-state index in [1.807, 2.05) is 20.3 Å². The molecule has 0 fully saturated rings. The molecule has 0 saturated heterocycles. The number of nitrogens with zero attached hydrogens (tertiary/aromatic N) is 3. The Kier molecular flexibility index (Phi) is 3.70. The molecule has 1 aliphatic rings. The highest BCUT2D eigenvalue weighted by atomic mass is 15.1. The van der Waals surface area contributed by atoms with Crippen LogP contribution in [-0.2, 0) is 13.5 Å². The molecule has 0 N–H and O–H groups in total. The molecule has 1 aromatic heterocycles. The van der Waals surface area contributed by atoms with Gasteiger partial charge in [0.25, 0.3) is 0 Å². The Bertz CT molecular complexity index is 516. The second-order valence-electron chi connectivity index (χ2n) is 4.74. The average Bonchev–Trinajstić information content (AvgIpc) is 2.52. The van der Waals surface area contributed by atoms with Gasteiger partial charge in [-0.15, -0.1) is 0 Å². The molecule has 0 spiro atoms. The second kappa shape index (κ2) is 5.25. The summed E-state index contributed by atoms with van der Waals surface area (Å²) in [7, 11) is 6.18. The van der Waals surface area contributed by atoms with Gasteiger partial charge in [-0.3, -0.25) is 0 Å². The topological polar surface area (TPSA) is 20.5 Å². The average molecular weight is 243 g/mol. The van der Waals surface area contributed by atoms with E-state index in [9.17, 15) is 0 Å². The molecule has 0 aromatic carbocycles. The molecule has 96 valence electrons. The Morgan fingerprint density at radius 3 is 2.89 bits per heavy atom. The highest BCUT2D eigenvalue weighted by Gasteiger charge is 2.16. The number of fused-ring (bicyclic) bond motifs is 1. The van der Waals surface area contributed by atoms with Gasteiger partial charge < -0.3 is 9.47 Å². The standard InChI is InChI=1S/C15H21N3/c1-5-14-12(9-11-17(2)3)13-8-6-7-10-16-15(13)18(14)4/h6,8-11H,5,7H2,1-4H3/b11-9-. The highest BCUT2D eigenvalue weighted by Crippen LogP contribution is 2.33. The lowest BCUT2D eigenvalue weighted by molar-refractivity contribution is 0.567. The third-order valence-electron chi connectivity index (χ3n) is 3.18. The van der Waals surface area contributed by atoms with E-state index in [1.165, 1.54) is 16.8 Å². The van der Waals surface area contributed by atoms with Crippen molar-refractivity contribution in [3.05, 3.63) is 29.1 Å². The van der Waals surface area contributed by atoms with E-state index in [0.717, 1.165) is 18.7 Å². The fourth-order valence-electron chi connectivity index (χ4n) is 2.31. The quantitative estimate of drug-likeness (QED) is 0.798. The first-order chi connectivity index (χ1) is 8.65. The summed E-state index contributed by atoms with van der Waals surface area (Å²) in [5.74, 6) is 1.07. The van der Waals surface area contributed by atoms with Gasteiger partial charge in [0.1, 0.15) is 5.82 Å². The van der Waals surface area contributed by atoms with Crippen LogP contribution in [0, 0.1) is 0 Å². The maximum Gasteiger partial charge on any atom is 0.140 e. The van der Waals surface area contributed by atoms with E-state index in [0.29, 0.717) is 0 Å². The zero-order valence-electron chi connectivity index (χ0n) is 11.6. The molecule has 0 unspecified atom stereocenters. The molecule has 0 aliphatic carbocycles. The van der Waals surface area contributed by atoms with E-state index in [2.05, 4.69) is 52.9 Å². The summed E-state index contributed by atoms with van der Waals surface area (Å²) >= 11 is 0. The normalized spacial score (nSPS) is 14.0. The first kappa shape index (κ1) is 12.7. The molecule has 3 nitrogen and oxygen atoms in total. The van der Waals surface area contributed by atoms with Gasteiger partial charge in [0.15, 0.2) is 0 Å². The molecule has 2 rings (SSSR count). The molecule has 0 radical (unpaired) electrons. The SMILES string of the molecule is CCc1c(/C=C\N(C)C)c2c(n1C)N=CCC=C2. The molecule has 3 heteroatoms. The molecule has 1 aliphatic heterocycles. The number of aliphatic imine (C=N–C) groups is 1. The van der Waals surface area contributed by atoms with Gasteiger partial charge in [-0.1, -0.05) is 19.1 Å². The van der Waals surface area contributed by atoms with Gasteiger partial charge in [-0.05, 0) is 18.7 Å². The summed E-state index contributed by atoms with van der Waals surface area (Å²) in [6.45, 7) is 2.19. The monoisotopic (exact) mass is 243 g/mol. The van der Waals surface area contributed by atoms with Crippen molar-refractivity contribution < 1.29 is 0 Å². The second-order valence-corrected chi connectivity index (χ2v) is 4.74. The van der Waals surface area contributed by atoms with Crippen LogP contribution < -0.4 is 0 Å². The molecular weight excluding hydrogens is 222 g/mol. The van der Waals surface area contributed by atoms with Crippen LogP contribution >= 0.6 is 0 Å². The molecule has 2 heterocycles. The fraction of sp³-hybridized carbons (Fsp3) is 0.400. The van der Waals surface area contributed by atoms with E-state index >= 15 is 0 Å². The van der Waals surface area contributed by atoms with Crippen molar-refractivity contribution in [2.75, 3.05) is 14.1 Å². The Hall–Kier alpha value is -1.77. The van der Waals surface area contributed by atoms with Crippen molar-refractivity contribution in [1.82, 2.24) is 9.47 Å². The van der Waals surface area contributed by atoms with Crippen molar-refractivity contribution in [2.45, 2.75) is 19.8 Å².